The summed E-state index contributed by atoms with van der Waals surface area (Å²) in [6.07, 6.45) is 0.233. The molecular formula is C20H20Cl2FN3O3. The van der Waals surface area contributed by atoms with Crippen LogP contribution in [0.4, 0.5) is 15.8 Å². The first-order valence-electron chi connectivity index (χ1n) is 9.07. The highest BCUT2D eigenvalue weighted by molar-refractivity contribution is 6.35. The third-order valence-electron chi connectivity index (χ3n) is 4.38. The molecule has 0 spiro atoms. The first-order valence-corrected chi connectivity index (χ1v) is 9.83. The zero-order chi connectivity index (χ0) is 20.8. The molecule has 0 atom stereocenters. The highest BCUT2D eigenvalue weighted by atomic mass is 35.5. The molecule has 154 valence electrons. The zero-order valence-corrected chi connectivity index (χ0v) is 17.0. The van der Waals surface area contributed by atoms with Crippen molar-refractivity contribution in [3.8, 4) is 0 Å². The predicted molar refractivity (Wildman–Crippen MR) is 111 cm³/mol. The van der Waals surface area contributed by atoms with Crippen LogP contribution in [-0.4, -0.2) is 49.6 Å². The molecule has 6 nitrogen and oxygen atoms in total. The van der Waals surface area contributed by atoms with Crippen LogP contribution >= 0.6 is 23.2 Å². The van der Waals surface area contributed by atoms with Crippen LogP contribution in [0.2, 0.25) is 10.0 Å². The first-order chi connectivity index (χ1) is 13.9. The fourth-order valence-electron chi connectivity index (χ4n) is 2.88. The largest absolute Gasteiger partial charge is 0.379 e. The number of amides is 2. The highest BCUT2D eigenvalue weighted by Gasteiger charge is 2.14. The standard InChI is InChI=1S/C20H20Cl2FN3O3/c21-14-9-13(10-15(22)11-14)20(28)24-16-1-2-17(23)18(12-16)25-19(27)3-4-26-5-7-29-8-6-26/h1-2,9-12H,3-8H2,(H,24,28)(H,25,27). The number of hydrogen-bond donors (Lipinski definition) is 2. The summed E-state index contributed by atoms with van der Waals surface area (Å²) >= 11 is 11.8. The summed E-state index contributed by atoms with van der Waals surface area (Å²) in [5.74, 6) is -1.35. The van der Waals surface area contributed by atoms with Crippen molar-refractivity contribution in [2.75, 3.05) is 43.5 Å². The van der Waals surface area contributed by atoms with Gasteiger partial charge in [-0.25, -0.2) is 4.39 Å². The van der Waals surface area contributed by atoms with Gasteiger partial charge in [0.1, 0.15) is 5.82 Å². The molecule has 3 rings (SSSR count). The topological polar surface area (TPSA) is 70.7 Å². The van der Waals surface area contributed by atoms with E-state index < -0.39 is 11.7 Å². The van der Waals surface area contributed by atoms with Crippen molar-refractivity contribution >= 4 is 46.4 Å². The number of halogens is 3. The molecule has 0 bridgehead atoms. The van der Waals surface area contributed by atoms with Crippen LogP contribution in [0.1, 0.15) is 16.8 Å². The lowest BCUT2D eigenvalue weighted by Gasteiger charge is -2.26. The van der Waals surface area contributed by atoms with Gasteiger partial charge in [0.2, 0.25) is 5.91 Å². The van der Waals surface area contributed by atoms with Crippen LogP contribution in [0.3, 0.4) is 0 Å². The van der Waals surface area contributed by atoms with Crippen molar-refractivity contribution in [1.29, 1.82) is 0 Å². The molecule has 0 radical (unpaired) electrons. The number of carbonyl (C=O) groups excluding carboxylic acids is 2. The summed E-state index contributed by atoms with van der Waals surface area (Å²) < 4.78 is 19.4. The van der Waals surface area contributed by atoms with Crippen molar-refractivity contribution in [2.24, 2.45) is 0 Å². The SMILES string of the molecule is O=C(CCN1CCOCC1)Nc1cc(NC(=O)c2cc(Cl)cc(Cl)c2)ccc1F. The molecule has 0 unspecified atom stereocenters. The summed E-state index contributed by atoms with van der Waals surface area (Å²) in [5, 5.41) is 5.85. The number of nitrogens with one attached hydrogen (secondary N) is 2. The number of anilines is 2. The summed E-state index contributed by atoms with van der Waals surface area (Å²) in [6.45, 7) is 3.42. The van der Waals surface area contributed by atoms with Crippen molar-refractivity contribution in [1.82, 2.24) is 4.90 Å². The van der Waals surface area contributed by atoms with Gasteiger partial charge in [0.05, 0.1) is 18.9 Å². The van der Waals surface area contributed by atoms with Crippen molar-refractivity contribution < 1.29 is 18.7 Å². The van der Waals surface area contributed by atoms with Gasteiger partial charge in [0, 0.05) is 47.4 Å². The molecular weight excluding hydrogens is 420 g/mol. The maximum atomic E-state index is 14.1. The van der Waals surface area contributed by atoms with Gasteiger partial charge in [-0.3, -0.25) is 14.5 Å². The minimum Gasteiger partial charge on any atom is -0.379 e. The Morgan fingerprint density at radius 3 is 2.41 bits per heavy atom. The Kier molecular flexibility index (Phi) is 7.44. The lowest BCUT2D eigenvalue weighted by atomic mass is 10.2. The predicted octanol–water partition coefficient (Wildman–Crippen LogP) is 4.05. The quantitative estimate of drug-likeness (QED) is 0.712. The van der Waals surface area contributed by atoms with Gasteiger partial charge in [-0.15, -0.1) is 0 Å². The molecule has 1 aliphatic heterocycles. The van der Waals surface area contributed by atoms with Gasteiger partial charge in [-0.2, -0.15) is 0 Å². The van der Waals surface area contributed by atoms with E-state index in [1.807, 2.05) is 0 Å². The highest BCUT2D eigenvalue weighted by Crippen LogP contribution is 2.23. The number of carbonyl (C=O) groups is 2. The van der Waals surface area contributed by atoms with E-state index >= 15 is 0 Å². The van der Waals surface area contributed by atoms with Crippen LogP contribution in [0.15, 0.2) is 36.4 Å². The zero-order valence-electron chi connectivity index (χ0n) is 15.5. The van der Waals surface area contributed by atoms with Gasteiger partial charge in [-0.1, -0.05) is 23.2 Å². The van der Waals surface area contributed by atoms with E-state index in [-0.39, 0.29) is 23.6 Å². The monoisotopic (exact) mass is 439 g/mol. The smallest absolute Gasteiger partial charge is 0.255 e. The number of benzene rings is 2. The van der Waals surface area contributed by atoms with Crippen LogP contribution < -0.4 is 10.6 Å². The lowest BCUT2D eigenvalue weighted by molar-refractivity contribution is -0.116. The normalized spacial score (nSPS) is 14.4. The van der Waals surface area contributed by atoms with Crippen LogP contribution in [0, 0.1) is 5.82 Å². The van der Waals surface area contributed by atoms with Gasteiger partial charge in [0.15, 0.2) is 0 Å². The number of hydrogen-bond acceptors (Lipinski definition) is 4. The number of nitrogens with zero attached hydrogens (tertiary/aromatic N) is 1. The number of ether oxygens (including phenoxy) is 1. The molecule has 2 aromatic rings. The second-order valence-electron chi connectivity index (χ2n) is 6.56. The van der Waals surface area contributed by atoms with E-state index in [0.29, 0.717) is 35.5 Å². The van der Waals surface area contributed by atoms with E-state index in [4.69, 9.17) is 27.9 Å². The second kappa shape index (κ2) is 10.0. The maximum absolute atomic E-state index is 14.1. The van der Waals surface area contributed by atoms with Crippen LogP contribution in [0.25, 0.3) is 0 Å². The number of morpholine rings is 1. The Morgan fingerprint density at radius 2 is 1.72 bits per heavy atom. The first kappa shape index (κ1) is 21.5. The molecule has 2 N–H and O–H groups in total. The van der Waals surface area contributed by atoms with Crippen LogP contribution in [-0.2, 0) is 9.53 Å². The Bertz CT molecular complexity index is 884. The Morgan fingerprint density at radius 1 is 1.03 bits per heavy atom. The van der Waals surface area contributed by atoms with E-state index in [1.165, 1.54) is 36.4 Å². The minimum atomic E-state index is -0.589. The minimum absolute atomic E-state index is 0.00101. The molecule has 0 saturated carbocycles. The Labute approximate surface area is 177 Å². The molecule has 9 heteroatoms. The molecule has 1 saturated heterocycles. The molecule has 29 heavy (non-hydrogen) atoms. The molecule has 2 aromatic carbocycles. The molecule has 1 fully saturated rings. The molecule has 1 heterocycles. The number of rotatable bonds is 6. The van der Waals surface area contributed by atoms with Crippen LogP contribution in [0.5, 0.6) is 0 Å². The summed E-state index contributed by atoms with van der Waals surface area (Å²) in [4.78, 5) is 26.7. The second-order valence-corrected chi connectivity index (χ2v) is 7.43. The average Bonchev–Trinajstić information content (AvgIpc) is 2.69. The summed E-state index contributed by atoms with van der Waals surface area (Å²) in [7, 11) is 0. The molecule has 2 amide bonds. The Hall–Kier alpha value is -2.19. The fourth-order valence-corrected chi connectivity index (χ4v) is 3.41. The van der Waals surface area contributed by atoms with Gasteiger partial charge in [0.25, 0.3) is 5.91 Å². The third kappa shape index (κ3) is 6.40. The van der Waals surface area contributed by atoms with Gasteiger partial charge in [-0.05, 0) is 36.4 Å². The summed E-state index contributed by atoms with van der Waals surface area (Å²) in [5.41, 5.74) is 0.595. The average molecular weight is 440 g/mol. The van der Waals surface area contributed by atoms with Gasteiger partial charge >= 0.3 is 0 Å². The lowest BCUT2D eigenvalue weighted by Crippen LogP contribution is -2.38. The Balaban J connectivity index is 1.61. The van der Waals surface area contributed by atoms with E-state index in [0.717, 1.165) is 13.1 Å². The third-order valence-corrected chi connectivity index (χ3v) is 4.82. The maximum Gasteiger partial charge on any atom is 0.255 e. The van der Waals surface area contributed by atoms with Crippen molar-refractivity contribution in [3.05, 3.63) is 57.8 Å². The molecule has 0 aliphatic carbocycles. The van der Waals surface area contributed by atoms with E-state index in [2.05, 4.69) is 15.5 Å². The van der Waals surface area contributed by atoms with E-state index in [1.54, 1.807) is 0 Å². The van der Waals surface area contributed by atoms with E-state index in [9.17, 15) is 14.0 Å². The van der Waals surface area contributed by atoms with Crippen molar-refractivity contribution in [3.63, 3.8) is 0 Å². The summed E-state index contributed by atoms with van der Waals surface area (Å²) in [6, 6.07) is 8.41. The van der Waals surface area contributed by atoms with Gasteiger partial charge < -0.3 is 15.4 Å². The van der Waals surface area contributed by atoms with Crippen molar-refractivity contribution in [2.45, 2.75) is 6.42 Å². The molecule has 1 aliphatic rings. The fraction of sp³-hybridized carbons (Fsp3) is 0.300. The molecule has 0 aromatic heterocycles.